The van der Waals surface area contributed by atoms with Crippen molar-refractivity contribution in [1.29, 1.82) is 5.26 Å². The monoisotopic (exact) mass is 536 g/mol. The lowest BCUT2D eigenvalue weighted by Gasteiger charge is -2.52. The lowest BCUT2D eigenvalue weighted by atomic mass is 9.47. The van der Waals surface area contributed by atoms with E-state index in [9.17, 15) is 19.6 Å². The quantitative estimate of drug-likeness (QED) is 0.231. The van der Waals surface area contributed by atoms with Crippen LogP contribution in [-0.2, 0) is 26.2 Å². The Kier molecular flexibility index (Phi) is 5.65. The maximum Gasteiger partial charge on any atom is 0.244 e. The van der Waals surface area contributed by atoms with Crippen LogP contribution < -0.4 is 10.3 Å². The van der Waals surface area contributed by atoms with Gasteiger partial charge >= 0.3 is 0 Å². The number of nitriles is 1. The Labute approximate surface area is 236 Å². The lowest BCUT2D eigenvalue weighted by molar-refractivity contribution is -0.123. The molecule has 0 unspecified atom stereocenters. The number of imide groups is 1. The molecular weight excluding hydrogens is 512 g/mol. The smallest absolute Gasteiger partial charge is 0.244 e. The summed E-state index contributed by atoms with van der Waals surface area (Å²) >= 11 is 0. The van der Waals surface area contributed by atoms with Gasteiger partial charge in [-0.05, 0) is 39.9 Å². The summed E-state index contributed by atoms with van der Waals surface area (Å²) in [6.45, 7) is 0. The molecule has 198 valence electrons. The zero-order chi connectivity index (χ0) is 28.1. The number of nitrogens with one attached hydrogen (secondary N) is 1. The van der Waals surface area contributed by atoms with Crippen LogP contribution >= 0.6 is 0 Å². The molecule has 4 aromatic rings. The molecule has 0 saturated carbocycles. The Bertz CT molecular complexity index is 1760. The lowest BCUT2D eigenvalue weighted by Crippen LogP contribution is -2.54. The number of amides is 3. The number of hydrogen-bond acceptors (Lipinski definition) is 5. The molecule has 4 aromatic carbocycles. The molecule has 8 rings (SSSR count). The summed E-state index contributed by atoms with van der Waals surface area (Å²) < 4.78 is 0. The summed E-state index contributed by atoms with van der Waals surface area (Å²) in [7, 11) is 0. The SMILES string of the molecule is N#Cc1ccccc1N1C(=O)[C@@H]2C3c4ccccc4C(/C=N\NC(=O)Cc4ccccc4)(c4ccccc43)[C@H]2C1=O. The van der Waals surface area contributed by atoms with Crippen LogP contribution in [-0.4, -0.2) is 23.9 Å². The molecule has 7 heteroatoms. The third-order valence-corrected chi connectivity index (χ3v) is 8.61. The Balaban J connectivity index is 1.38. The summed E-state index contributed by atoms with van der Waals surface area (Å²) in [6.07, 6.45) is 1.80. The van der Waals surface area contributed by atoms with E-state index in [2.05, 4.69) is 16.6 Å². The Morgan fingerprint density at radius 3 is 2.15 bits per heavy atom. The number of benzene rings is 4. The zero-order valence-corrected chi connectivity index (χ0v) is 21.9. The van der Waals surface area contributed by atoms with Crippen LogP contribution in [0.1, 0.15) is 39.3 Å². The predicted molar refractivity (Wildman–Crippen MR) is 153 cm³/mol. The van der Waals surface area contributed by atoms with E-state index in [1.54, 1.807) is 30.5 Å². The fourth-order valence-corrected chi connectivity index (χ4v) is 7.08. The van der Waals surface area contributed by atoms with Crippen LogP contribution in [0.5, 0.6) is 0 Å². The van der Waals surface area contributed by atoms with Gasteiger partial charge in [-0.1, -0.05) is 91.0 Å². The van der Waals surface area contributed by atoms with E-state index in [0.717, 1.165) is 27.8 Å². The summed E-state index contributed by atoms with van der Waals surface area (Å²) in [5.74, 6) is -2.81. The van der Waals surface area contributed by atoms with Crippen LogP contribution in [0.15, 0.2) is 108 Å². The van der Waals surface area contributed by atoms with Crippen molar-refractivity contribution in [2.45, 2.75) is 17.8 Å². The van der Waals surface area contributed by atoms with Crippen molar-refractivity contribution in [3.63, 3.8) is 0 Å². The van der Waals surface area contributed by atoms with Crippen LogP contribution in [0.4, 0.5) is 5.69 Å². The summed E-state index contributed by atoms with van der Waals surface area (Å²) in [4.78, 5) is 42.7. The third kappa shape index (κ3) is 3.51. The van der Waals surface area contributed by atoms with E-state index in [0.29, 0.717) is 0 Å². The fourth-order valence-electron chi connectivity index (χ4n) is 7.08. The molecule has 1 N–H and O–H groups in total. The average Bonchev–Trinajstić information content (AvgIpc) is 3.28. The van der Waals surface area contributed by atoms with Gasteiger partial charge < -0.3 is 0 Å². The Hall–Kier alpha value is -5.35. The molecule has 2 atom stereocenters. The highest BCUT2D eigenvalue weighted by molar-refractivity contribution is 6.25. The first-order valence-electron chi connectivity index (χ1n) is 13.5. The molecule has 0 radical (unpaired) electrons. The maximum atomic E-state index is 14.4. The van der Waals surface area contributed by atoms with Crippen LogP contribution in [0.25, 0.3) is 0 Å². The number of carbonyl (C=O) groups excluding carboxylic acids is 3. The molecule has 1 fully saturated rings. The highest BCUT2D eigenvalue weighted by Crippen LogP contribution is 2.63. The standard InChI is InChI=1S/C34H24N4O3/c35-19-22-12-4-9-17-27(22)38-32(40)30-29-23-13-5-7-15-25(23)34(31(30)33(38)41,26-16-8-6-14-24(26)29)20-36-37-28(39)18-21-10-2-1-3-11-21/h1-17,20,29-31H,18H2,(H,37,39)/b36-20-/t29?,30-,31-,34?/m1/s1. The van der Waals surface area contributed by atoms with Crippen LogP contribution in [0.2, 0.25) is 0 Å². The Morgan fingerprint density at radius 2 is 1.46 bits per heavy atom. The predicted octanol–water partition coefficient (Wildman–Crippen LogP) is 4.45. The maximum absolute atomic E-state index is 14.4. The van der Waals surface area contributed by atoms with Crippen LogP contribution in [0, 0.1) is 23.2 Å². The van der Waals surface area contributed by atoms with E-state index < -0.39 is 17.3 Å². The summed E-state index contributed by atoms with van der Waals surface area (Å²) in [5.41, 5.74) is 6.67. The topological polar surface area (TPSA) is 103 Å². The van der Waals surface area contributed by atoms with Gasteiger partial charge in [-0.2, -0.15) is 10.4 Å². The second kappa shape index (κ2) is 9.39. The summed E-state index contributed by atoms with van der Waals surface area (Å²) in [6, 6.07) is 33.9. The normalized spacial score (nSPS) is 23.6. The Morgan fingerprint density at radius 1 is 0.854 bits per heavy atom. The highest BCUT2D eigenvalue weighted by atomic mass is 16.2. The van der Waals surface area contributed by atoms with Gasteiger partial charge in [-0.3, -0.25) is 14.4 Å². The van der Waals surface area contributed by atoms with Crippen molar-refractivity contribution in [3.05, 3.63) is 137 Å². The molecule has 0 aromatic heterocycles. The molecule has 3 aliphatic carbocycles. The van der Waals surface area contributed by atoms with E-state index in [1.165, 1.54) is 4.90 Å². The molecule has 0 spiro atoms. The minimum Gasteiger partial charge on any atom is -0.274 e. The van der Waals surface area contributed by atoms with Crippen molar-refractivity contribution in [1.82, 2.24) is 5.43 Å². The minimum absolute atomic E-state index is 0.155. The van der Waals surface area contributed by atoms with Crippen LogP contribution in [0.3, 0.4) is 0 Å². The first-order valence-corrected chi connectivity index (χ1v) is 13.5. The van der Waals surface area contributed by atoms with Crippen molar-refractivity contribution in [2.24, 2.45) is 16.9 Å². The number of nitrogens with zero attached hydrogens (tertiary/aromatic N) is 3. The first kappa shape index (κ1) is 24.7. The number of para-hydroxylation sites is 1. The summed E-state index contributed by atoms with van der Waals surface area (Å²) in [5, 5.41) is 14.2. The molecule has 1 saturated heterocycles. The number of carbonyl (C=O) groups is 3. The second-order valence-corrected chi connectivity index (χ2v) is 10.6. The molecule has 7 nitrogen and oxygen atoms in total. The fraction of sp³-hybridized carbons (Fsp3) is 0.147. The number of rotatable bonds is 5. The molecule has 41 heavy (non-hydrogen) atoms. The minimum atomic E-state index is -1.10. The highest BCUT2D eigenvalue weighted by Gasteiger charge is 2.68. The van der Waals surface area contributed by atoms with Crippen molar-refractivity contribution < 1.29 is 14.4 Å². The van der Waals surface area contributed by atoms with E-state index in [1.807, 2.05) is 78.9 Å². The van der Waals surface area contributed by atoms with Gasteiger partial charge in [0.25, 0.3) is 0 Å². The van der Waals surface area contributed by atoms with Gasteiger partial charge in [0.05, 0.1) is 34.9 Å². The van der Waals surface area contributed by atoms with E-state index >= 15 is 0 Å². The molecular formula is C34H24N4O3. The van der Waals surface area contributed by atoms with Crippen molar-refractivity contribution >= 4 is 29.6 Å². The largest absolute Gasteiger partial charge is 0.274 e. The number of hydrogen-bond donors (Lipinski definition) is 1. The van der Waals surface area contributed by atoms with E-state index in [-0.39, 0.29) is 41.3 Å². The molecule has 2 bridgehead atoms. The second-order valence-electron chi connectivity index (χ2n) is 10.6. The van der Waals surface area contributed by atoms with Crippen molar-refractivity contribution in [3.8, 4) is 6.07 Å². The first-order chi connectivity index (χ1) is 20.1. The third-order valence-electron chi connectivity index (χ3n) is 8.61. The van der Waals surface area contributed by atoms with Gasteiger partial charge in [-0.15, -0.1) is 0 Å². The van der Waals surface area contributed by atoms with Gasteiger partial charge in [0.2, 0.25) is 17.7 Å². The van der Waals surface area contributed by atoms with Gasteiger partial charge in [-0.25, -0.2) is 10.3 Å². The van der Waals surface area contributed by atoms with Gasteiger partial charge in [0.15, 0.2) is 0 Å². The van der Waals surface area contributed by atoms with Crippen molar-refractivity contribution in [2.75, 3.05) is 4.90 Å². The average molecular weight is 537 g/mol. The molecule has 4 aliphatic rings. The van der Waals surface area contributed by atoms with Gasteiger partial charge in [0, 0.05) is 12.1 Å². The molecule has 1 heterocycles. The zero-order valence-electron chi connectivity index (χ0n) is 21.9. The van der Waals surface area contributed by atoms with E-state index in [4.69, 9.17) is 0 Å². The van der Waals surface area contributed by atoms with Gasteiger partial charge in [0.1, 0.15) is 6.07 Å². The number of hydrazone groups is 1. The molecule has 1 aliphatic heterocycles. The molecule has 3 amide bonds. The number of anilines is 1.